The van der Waals surface area contributed by atoms with E-state index in [4.69, 9.17) is 0 Å². The molecule has 0 unspecified atom stereocenters. The molecule has 0 N–H and O–H groups in total. The van der Waals surface area contributed by atoms with E-state index in [1.54, 1.807) is 0 Å². The second kappa shape index (κ2) is 4.42. The Morgan fingerprint density at radius 1 is 1.18 bits per heavy atom. The van der Waals surface area contributed by atoms with E-state index in [9.17, 15) is 0 Å². The Kier molecular flexibility index (Phi) is 3.47. The smallest absolute Gasteiger partial charge is 0.0280 e. The topological polar surface area (TPSA) is 3.24 Å². The Bertz CT molecular complexity index is 112. The van der Waals surface area contributed by atoms with E-state index in [0.29, 0.717) is 0 Å². The molecule has 1 fully saturated rings. The van der Waals surface area contributed by atoms with Crippen molar-refractivity contribution < 1.29 is 0 Å². The zero-order valence-electron chi connectivity index (χ0n) is 7.55. The predicted molar refractivity (Wildman–Crippen MR) is 49.5 cm³/mol. The molecule has 0 atom stereocenters. The fraction of sp³-hybridized carbons (Fsp3) is 0.800. The SMILES string of the molecule is C=CN(C)C1CCCCCC1. The number of hydrogen-bond acceptors (Lipinski definition) is 1. The van der Waals surface area contributed by atoms with Gasteiger partial charge in [-0.1, -0.05) is 32.3 Å². The van der Waals surface area contributed by atoms with Gasteiger partial charge in [-0.05, 0) is 19.0 Å². The van der Waals surface area contributed by atoms with E-state index >= 15 is 0 Å². The van der Waals surface area contributed by atoms with Gasteiger partial charge in [0.2, 0.25) is 0 Å². The van der Waals surface area contributed by atoms with E-state index in [1.807, 2.05) is 6.20 Å². The Labute approximate surface area is 70.1 Å². The van der Waals surface area contributed by atoms with Gasteiger partial charge >= 0.3 is 0 Å². The molecule has 0 amide bonds. The maximum absolute atomic E-state index is 3.79. The Hall–Kier alpha value is -0.460. The van der Waals surface area contributed by atoms with Gasteiger partial charge < -0.3 is 4.90 Å². The molecule has 0 aliphatic heterocycles. The fourth-order valence-electron chi connectivity index (χ4n) is 1.81. The minimum Gasteiger partial charge on any atom is -0.378 e. The van der Waals surface area contributed by atoms with Gasteiger partial charge in [0.15, 0.2) is 0 Å². The lowest BCUT2D eigenvalue weighted by Crippen LogP contribution is -2.25. The van der Waals surface area contributed by atoms with E-state index < -0.39 is 0 Å². The lowest BCUT2D eigenvalue weighted by Gasteiger charge is -2.24. The third-order valence-corrected chi connectivity index (χ3v) is 2.69. The molecule has 0 spiro atoms. The second-order valence-electron chi connectivity index (χ2n) is 3.49. The average molecular weight is 153 g/mol. The van der Waals surface area contributed by atoms with Crippen LogP contribution in [-0.4, -0.2) is 18.0 Å². The van der Waals surface area contributed by atoms with Gasteiger partial charge in [0.25, 0.3) is 0 Å². The summed E-state index contributed by atoms with van der Waals surface area (Å²) in [6.07, 6.45) is 10.4. The van der Waals surface area contributed by atoms with Gasteiger partial charge in [0.05, 0.1) is 0 Å². The molecule has 0 aromatic carbocycles. The lowest BCUT2D eigenvalue weighted by molar-refractivity contribution is 0.299. The molecule has 1 nitrogen and oxygen atoms in total. The summed E-state index contributed by atoms with van der Waals surface area (Å²) in [4.78, 5) is 2.27. The molecule has 0 aromatic rings. The van der Waals surface area contributed by atoms with Gasteiger partial charge in [0.1, 0.15) is 0 Å². The van der Waals surface area contributed by atoms with Crippen LogP contribution in [0.2, 0.25) is 0 Å². The van der Waals surface area contributed by atoms with Crippen molar-refractivity contribution in [2.24, 2.45) is 0 Å². The molecule has 0 aromatic heterocycles. The van der Waals surface area contributed by atoms with Crippen molar-refractivity contribution in [3.8, 4) is 0 Å². The zero-order chi connectivity index (χ0) is 8.10. The molecule has 1 aliphatic carbocycles. The van der Waals surface area contributed by atoms with Crippen molar-refractivity contribution in [1.82, 2.24) is 4.90 Å². The van der Waals surface area contributed by atoms with Crippen molar-refractivity contribution in [1.29, 1.82) is 0 Å². The quantitative estimate of drug-likeness (QED) is 0.551. The van der Waals surface area contributed by atoms with E-state index in [2.05, 4.69) is 18.5 Å². The summed E-state index contributed by atoms with van der Waals surface area (Å²) in [5.74, 6) is 0. The van der Waals surface area contributed by atoms with Crippen LogP contribution in [0.3, 0.4) is 0 Å². The van der Waals surface area contributed by atoms with Crippen LogP contribution in [-0.2, 0) is 0 Å². The Balaban J connectivity index is 2.35. The average Bonchev–Trinajstić information content (AvgIpc) is 2.30. The highest BCUT2D eigenvalue weighted by Crippen LogP contribution is 2.20. The van der Waals surface area contributed by atoms with E-state index in [0.717, 1.165) is 6.04 Å². The summed E-state index contributed by atoms with van der Waals surface area (Å²) >= 11 is 0. The molecule has 1 rings (SSSR count). The van der Waals surface area contributed by atoms with Crippen LogP contribution in [0.1, 0.15) is 38.5 Å². The first-order chi connectivity index (χ1) is 5.34. The summed E-state index contributed by atoms with van der Waals surface area (Å²) < 4.78 is 0. The van der Waals surface area contributed by atoms with Crippen molar-refractivity contribution in [3.63, 3.8) is 0 Å². The third kappa shape index (κ3) is 2.57. The minimum atomic E-state index is 0.773. The first-order valence-corrected chi connectivity index (χ1v) is 4.69. The largest absolute Gasteiger partial charge is 0.378 e. The van der Waals surface area contributed by atoms with Crippen molar-refractivity contribution in [2.45, 2.75) is 44.6 Å². The normalized spacial score (nSPS) is 20.8. The first-order valence-electron chi connectivity index (χ1n) is 4.69. The molecule has 64 valence electrons. The molecule has 1 aliphatic rings. The highest BCUT2D eigenvalue weighted by atomic mass is 15.1. The van der Waals surface area contributed by atoms with Gasteiger partial charge in [0, 0.05) is 13.1 Å². The number of nitrogens with zero attached hydrogens (tertiary/aromatic N) is 1. The highest BCUT2D eigenvalue weighted by Gasteiger charge is 2.13. The lowest BCUT2D eigenvalue weighted by atomic mass is 10.1. The van der Waals surface area contributed by atoms with Gasteiger partial charge in [-0.25, -0.2) is 0 Å². The summed E-state index contributed by atoms with van der Waals surface area (Å²) in [5.41, 5.74) is 0. The molecule has 0 radical (unpaired) electrons. The maximum Gasteiger partial charge on any atom is 0.0280 e. The van der Waals surface area contributed by atoms with E-state index in [-0.39, 0.29) is 0 Å². The van der Waals surface area contributed by atoms with Gasteiger partial charge in [-0.2, -0.15) is 0 Å². The van der Waals surface area contributed by atoms with Gasteiger partial charge in [-0.15, -0.1) is 0 Å². The van der Waals surface area contributed by atoms with Gasteiger partial charge in [-0.3, -0.25) is 0 Å². The zero-order valence-corrected chi connectivity index (χ0v) is 7.55. The van der Waals surface area contributed by atoms with Crippen LogP contribution in [0, 0.1) is 0 Å². The Morgan fingerprint density at radius 3 is 2.18 bits per heavy atom. The van der Waals surface area contributed by atoms with E-state index in [1.165, 1.54) is 38.5 Å². The molecule has 1 heteroatoms. The van der Waals surface area contributed by atoms with Crippen LogP contribution in [0.25, 0.3) is 0 Å². The monoisotopic (exact) mass is 153 g/mol. The number of hydrogen-bond donors (Lipinski definition) is 0. The first kappa shape index (κ1) is 8.63. The maximum atomic E-state index is 3.79. The molecule has 0 saturated heterocycles. The molecule has 1 saturated carbocycles. The fourth-order valence-corrected chi connectivity index (χ4v) is 1.81. The minimum absolute atomic E-state index is 0.773. The van der Waals surface area contributed by atoms with Crippen molar-refractivity contribution in [2.75, 3.05) is 7.05 Å². The molecule has 11 heavy (non-hydrogen) atoms. The van der Waals surface area contributed by atoms with Crippen LogP contribution >= 0.6 is 0 Å². The number of rotatable bonds is 2. The van der Waals surface area contributed by atoms with Crippen LogP contribution in [0.4, 0.5) is 0 Å². The summed E-state index contributed by atoms with van der Waals surface area (Å²) in [7, 11) is 2.14. The molecular formula is C10H19N. The van der Waals surface area contributed by atoms with Crippen LogP contribution < -0.4 is 0 Å². The van der Waals surface area contributed by atoms with Crippen LogP contribution in [0.15, 0.2) is 12.8 Å². The standard InChI is InChI=1S/C10H19N/c1-3-11(2)10-8-6-4-5-7-9-10/h3,10H,1,4-9H2,2H3. The molecule has 0 bridgehead atoms. The molecular weight excluding hydrogens is 134 g/mol. The molecule has 0 heterocycles. The summed E-state index contributed by atoms with van der Waals surface area (Å²) in [6, 6.07) is 0.773. The van der Waals surface area contributed by atoms with Crippen molar-refractivity contribution >= 4 is 0 Å². The Morgan fingerprint density at radius 2 is 1.73 bits per heavy atom. The highest BCUT2D eigenvalue weighted by molar-refractivity contribution is 4.78. The summed E-state index contributed by atoms with van der Waals surface area (Å²) in [5, 5.41) is 0. The third-order valence-electron chi connectivity index (χ3n) is 2.69. The van der Waals surface area contributed by atoms with Crippen LogP contribution in [0.5, 0.6) is 0 Å². The second-order valence-corrected chi connectivity index (χ2v) is 3.49. The van der Waals surface area contributed by atoms with Crippen molar-refractivity contribution in [3.05, 3.63) is 12.8 Å². The predicted octanol–water partition coefficient (Wildman–Crippen LogP) is 2.78. The summed E-state index contributed by atoms with van der Waals surface area (Å²) in [6.45, 7) is 3.79.